The van der Waals surface area contributed by atoms with Gasteiger partial charge in [0.25, 0.3) is 0 Å². The van der Waals surface area contributed by atoms with E-state index in [-0.39, 0.29) is 17.9 Å². The first-order valence-electron chi connectivity index (χ1n) is 6.76. The predicted octanol–water partition coefficient (Wildman–Crippen LogP) is 3.23. The second-order valence-electron chi connectivity index (χ2n) is 5.17. The molecule has 112 valence electrons. The average molecular weight is 315 g/mol. The van der Waals surface area contributed by atoms with Crippen molar-refractivity contribution >= 4 is 29.3 Å². The maximum absolute atomic E-state index is 12.1. The Kier molecular flexibility index (Phi) is 7.41. The summed E-state index contributed by atoms with van der Waals surface area (Å²) < 4.78 is 0. The molecule has 0 aromatic heterocycles. The topological polar surface area (TPSA) is 55.1 Å². The monoisotopic (exact) mass is 314 g/mol. The number of nitrogens with one attached hydrogen (secondary N) is 1. The van der Waals surface area contributed by atoms with Gasteiger partial charge < -0.3 is 11.1 Å². The summed E-state index contributed by atoms with van der Waals surface area (Å²) in [6.07, 6.45) is 2.70. The first kappa shape index (κ1) is 17.3. The first-order chi connectivity index (χ1) is 9.45. The van der Waals surface area contributed by atoms with Crippen molar-refractivity contribution in [3.8, 4) is 0 Å². The number of nitrogens with two attached hydrogens (primary N) is 1. The van der Waals surface area contributed by atoms with E-state index >= 15 is 0 Å². The van der Waals surface area contributed by atoms with Crippen molar-refractivity contribution < 1.29 is 4.79 Å². The summed E-state index contributed by atoms with van der Waals surface area (Å²) in [5.74, 6) is 1.09. The molecule has 0 fully saturated rings. The fraction of sp³-hybridized carbons (Fsp3) is 0.533. The molecule has 5 heteroatoms. The molecule has 1 unspecified atom stereocenters. The van der Waals surface area contributed by atoms with Crippen LogP contribution in [0.5, 0.6) is 0 Å². The summed E-state index contributed by atoms with van der Waals surface area (Å²) in [7, 11) is 0. The smallest absolute Gasteiger partial charge is 0.237 e. The van der Waals surface area contributed by atoms with Crippen LogP contribution in [0.2, 0.25) is 5.02 Å². The van der Waals surface area contributed by atoms with Gasteiger partial charge in [0.2, 0.25) is 5.91 Å². The highest BCUT2D eigenvalue weighted by molar-refractivity contribution is 7.98. The van der Waals surface area contributed by atoms with Crippen LogP contribution in [-0.2, 0) is 4.79 Å². The minimum absolute atomic E-state index is 0.0416. The molecule has 20 heavy (non-hydrogen) atoms. The van der Waals surface area contributed by atoms with Crippen molar-refractivity contribution in [3.05, 3.63) is 34.9 Å². The Morgan fingerprint density at radius 1 is 1.35 bits per heavy atom. The Labute approximate surface area is 130 Å². The molecule has 1 aromatic carbocycles. The zero-order chi connectivity index (χ0) is 15.1. The molecule has 0 spiro atoms. The van der Waals surface area contributed by atoms with E-state index in [9.17, 15) is 4.79 Å². The number of carbonyl (C=O) groups is 1. The highest BCUT2D eigenvalue weighted by Crippen LogP contribution is 2.23. The van der Waals surface area contributed by atoms with E-state index in [1.54, 1.807) is 11.8 Å². The van der Waals surface area contributed by atoms with Gasteiger partial charge in [-0.05, 0) is 42.0 Å². The molecule has 0 heterocycles. The largest absolute Gasteiger partial charge is 0.348 e. The Morgan fingerprint density at radius 2 is 1.95 bits per heavy atom. The number of rotatable bonds is 7. The number of benzene rings is 1. The lowest BCUT2D eigenvalue weighted by Gasteiger charge is -2.24. The van der Waals surface area contributed by atoms with Gasteiger partial charge in [-0.25, -0.2) is 0 Å². The van der Waals surface area contributed by atoms with Crippen molar-refractivity contribution in [2.24, 2.45) is 11.7 Å². The molecule has 1 rings (SSSR count). The predicted molar refractivity (Wildman–Crippen MR) is 88.1 cm³/mol. The molecule has 3 nitrogen and oxygen atoms in total. The molecular formula is C15H23ClN2OS. The Balaban J connectivity index is 2.72. The average Bonchev–Trinajstić information content (AvgIpc) is 2.42. The SMILES string of the molecule is CSCC[C@H](N)C(=O)NC(c1ccc(Cl)cc1)C(C)C. The summed E-state index contributed by atoms with van der Waals surface area (Å²) in [6, 6.07) is 7.08. The molecule has 2 atom stereocenters. The van der Waals surface area contributed by atoms with Crippen molar-refractivity contribution in [1.82, 2.24) is 5.32 Å². The van der Waals surface area contributed by atoms with Crippen LogP contribution in [0, 0.1) is 5.92 Å². The quantitative estimate of drug-likeness (QED) is 0.812. The van der Waals surface area contributed by atoms with Gasteiger partial charge >= 0.3 is 0 Å². The van der Waals surface area contributed by atoms with Crippen LogP contribution < -0.4 is 11.1 Å². The maximum atomic E-state index is 12.1. The zero-order valence-electron chi connectivity index (χ0n) is 12.2. The third-order valence-corrected chi connectivity index (χ3v) is 4.06. The van der Waals surface area contributed by atoms with Crippen LogP contribution in [0.4, 0.5) is 0 Å². The third kappa shape index (κ3) is 5.35. The van der Waals surface area contributed by atoms with Crippen molar-refractivity contribution in [2.45, 2.75) is 32.4 Å². The number of carbonyl (C=O) groups excluding carboxylic acids is 1. The van der Waals surface area contributed by atoms with E-state index in [1.165, 1.54) is 0 Å². The lowest BCUT2D eigenvalue weighted by atomic mass is 9.95. The fourth-order valence-corrected chi connectivity index (χ4v) is 2.56. The van der Waals surface area contributed by atoms with Crippen molar-refractivity contribution in [2.75, 3.05) is 12.0 Å². The van der Waals surface area contributed by atoms with E-state index < -0.39 is 6.04 Å². The number of thioether (sulfide) groups is 1. The van der Waals surface area contributed by atoms with Crippen LogP contribution in [0.3, 0.4) is 0 Å². The Bertz CT molecular complexity index is 422. The first-order valence-corrected chi connectivity index (χ1v) is 8.53. The third-order valence-electron chi connectivity index (χ3n) is 3.16. The zero-order valence-corrected chi connectivity index (χ0v) is 13.8. The minimum Gasteiger partial charge on any atom is -0.348 e. The van der Waals surface area contributed by atoms with Gasteiger partial charge in [0.15, 0.2) is 0 Å². The summed E-state index contributed by atoms with van der Waals surface area (Å²) >= 11 is 7.60. The van der Waals surface area contributed by atoms with E-state index in [0.717, 1.165) is 11.3 Å². The molecule has 0 radical (unpaired) electrons. The highest BCUT2D eigenvalue weighted by Gasteiger charge is 2.21. The van der Waals surface area contributed by atoms with E-state index in [2.05, 4.69) is 19.2 Å². The van der Waals surface area contributed by atoms with Crippen molar-refractivity contribution in [1.29, 1.82) is 0 Å². The molecule has 1 amide bonds. The molecule has 1 aromatic rings. The van der Waals surface area contributed by atoms with Crippen LogP contribution in [0.25, 0.3) is 0 Å². The fourth-order valence-electron chi connectivity index (χ4n) is 1.94. The molecule has 0 aliphatic carbocycles. The molecule has 0 saturated heterocycles. The van der Waals surface area contributed by atoms with Crippen LogP contribution in [0.1, 0.15) is 31.9 Å². The molecular weight excluding hydrogens is 292 g/mol. The van der Waals surface area contributed by atoms with Crippen molar-refractivity contribution in [3.63, 3.8) is 0 Å². The molecule has 0 aliphatic heterocycles. The van der Waals surface area contributed by atoms with Crippen LogP contribution >= 0.6 is 23.4 Å². The molecule has 3 N–H and O–H groups in total. The summed E-state index contributed by atoms with van der Waals surface area (Å²) in [5.41, 5.74) is 6.96. The summed E-state index contributed by atoms with van der Waals surface area (Å²) in [5, 5.41) is 3.74. The van der Waals surface area contributed by atoms with E-state index in [1.807, 2.05) is 30.5 Å². The van der Waals surface area contributed by atoms with Gasteiger partial charge in [-0.3, -0.25) is 4.79 Å². The van der Waals surface area contributed by atoms with E-state index in [0.29, 0.717) is 11.4 Å². The summed E-state index contributed by atoms with van der Waals surface area (Å²) in [4.78, 5) is 12.1. The second kappa shape index (κ2) is 8.55. The van der Waals surface area contributed by atoms with Gasteiger partial charge in [0.1, 0.15) is 0 Å². The van der Waals surface area contributed by atoms with Crippen LogP contribution in [0.15, 0.2) is 24.3 Å². The number of hydrogen-bond acceptors (Lipinski definition) is 3. The summed E-state index contributed by atoms with van der Waals surface area (Å²) in [6.45, 7) is 4.15. The standard InChI is InChI=1S/C15H23ClN2OS/c1-10(2)14(11-4-6-12(16)7-5-11)18-15(19)13(17)8-9-20-3/h4-7,10,13-14H,8-9,17H2,1-3H3,(H,18,19)/t13-,14?/m0/s1. The normalized spacial score (nSPS) is 14.1. The minimum atomic E-state index is -0.448. The van der Waals surface area contributed by atoms with Crippen LogP contribution in [-0.4, -0.2) is 24.0 Å². The molecule has 0 saturated carbocycles. The number of halogens is 1. The van der Waals surface area contributed by atoms with Gasteiger partial charge in [-0.15, -0.1) is 0 Å². The van der Waals surface area contributed by atoms with Gasteiger partial charge in [-0.2, -0.15) is 11.8 Å². The Hall–Kier alpha value is -0.710. The highest BCUT2D eigenvalue weighted by atomic mass is 35.5. The number of hydrogen-bond donors (Lipinski definition) is 2. The second-order valence-corrected chi connectivity index (χ2v) is 6.59. The maximum Gasteiger partial charge on any atom is 0.237 e. The lowest BCUT2D eigenvalue weighted by Crippen LogP contribution is -2.43. The van der Waals surface area contributed by atoms with Gasteiger partial charge in [-0.1, -0.05) is 37.6 Å². The Morgan fingerprint density at radius 3 is 2.45 bits per heavy atom. The molecule has 0 bridgehead atoms. The molecule has 0 aliphatic rings. The lowest BCUT2D eigenvalue weighted by molar-refractivity contribution is -0.123. The number of amides is 1. The van der Waals surface area contributed by atoms with E-state index in [4.69, 9.17) is 17.3 Å². The van der Waals surface area contributed by atoms with Gasteiger partial charge in [0, 0.05) is 5.02 Å². The van der Waals surface area contributed by atoms with Gasteiger partial charge in [0.05, 0.1) is 12.1 Å².